The van der Waals surface area contributed by atoms with Crippen molar-refractivity contribution in [2.24, 2.45) is 11.8 Å². The summed E-state index contributed by atoms with van der Waals surface area (Å²) in [5.41, 5.74) is 0. The molecule has 2 saturated heterocycles. The highest BCUT2D eigenvalue weighted by Crippen LogP contribution is 2.35. The highest BCUT2D eigenvalue weighted by atomic mass is 16.2. The van der Waals surface area contributed by atoms with Gasteiger partial charge in [-0.05, 0) is 25.0 Å². The van der Waals surface area contributed by atoms with E-state index in [1.807, 2.05) is 30.4 Å². The van der Waals surface area contributed by atoms with Crippen molar-refractivity contribution in [3.05, 3.63) is 36.5 Å². The molecule has 1 aliphatic carbocycles. The summed E-state index contributed by atoms with van der Waals surface area (Å²) in [6.07, 6.45) is 7.28. The number of nitrogens with zero attached hydrogens (tertiary/aromatic N) is 4. The van der Waals surface area contributed by atoms with E-state index in [2.05, 4.69) is 14.8 Å². The summed E-state index contributed by atoms with van der Waals surface area (Å²) in [5.74, 6) is 0.764. The number of carbonyl (C=O) groups excluding carboxylic acids is 2. The van der Waals surface area contributed by atoms with Gasteiger partial charge in [-0.1, -0.05) is 18.2 Å². The normalized spacial score (nSPS) is 27.7. The van der Waals surface area contributed by atoms with Crippen LogP contribution in [0.15, 0.2) is 36.5 Å². The Bertz CT molecular complexity index is 626. The lowest BCUT2D eigenvalue weighted by Gasteiger charge is -2.36. The number of amides is 2. The monoisotopic (exact) mass is 326 g/mol. The first-order chi connectivity index (χ1) is 11.7. The van der Waals surface area contributed by atoms with E-state index in [9.17, 15) is 9.59 Å². The molecule has 1 aromatic rings. The van der Waals surface area contributed by atoms with Crippen molar-refractivity contribution in [2.45, 2.75) is 12.8 Å². The first-order valence-electron chi connectivity index (χ1n) is 8.62. The molecular formula is C18H22N4O2. The molecule has 6 heteroatoms. The quantitative estimate of drug-likeness (QED) is 0.615. The molecule has 24 heavy (non-hydrogen) atoms. The molecule has 0 spiro atoms. The van der Waals surface area contributed by atoms with Crippen LogP contribution in [0.2, 0.25) is 0 Å². The van der Waals surface area contributed by atoms with Crippen molar-refractivity contribution in [1.29, 1.82) is 0 Å². The van der Waals surface area contributed by atoms with E-state index in [-0.39, 0.29) is 23.7 Å². The lowest BCUT2D eigenvalue weighted by Crippen LogP contribution is -2.51. The van der Waals surface area contributed by atoms with Crippen molar-refractivity contribution in [3.63, 3.8) is 0 Å². The van der Waals surface area contributed by atoms with Crippen LogP contribution in [0, 0.1) is 11.8 Å². The van der Waals surface area contributed by atoms with E-state index < -0.39 is 0 Å². The maximum Gasteiger partial charge on any atom is 0.234 e. The number of pyridine rings is 1. The molecule has 1 aromatic heterocycles. The first kappa shape index (κ1) is 15.3. The Hall–Kier alpha value is -2.21. The van der Waals surface area contributed by atoms with Crippen molar-refractivity contribution in [2.75, 3.05) is 37.7 Å². The average molecular weight is 326 g/mol. The Balaban J connectivity index is 1.36. The zero-order valence-corrected chi connectivity index (χ0v) is 13.7. The van der Waals surface area contributed by atoms with Gasteiger partial charge < -0.3 is 4.90 Å². The Morgan fingerprint density at radius 1 is 0.958 bits per heavy atom. The summed E-state index contributed by atoms with van der Waals surface area (Å²) in [6.45, 7) is 3.83. The van der Waals surface area contributed by atoms with Crippen LogP contribution in [-0.4, -0.2) is 59.4 Å². The molecule has 0 saturated carbocycles. The number of piperazine rings is 1. The van der Waals surface area contributed by atoms with Crippen molar-refractivity contribution >= 4 is 17.6 Å². The fourth-order valence-corrected chi connectivity index (χ4v) is 3.87. The molecule has 126 valence electrons. The SMILES string of the molecule is O=C1[C@H]2CC=CC[C@H]2C(=O)N1CN1CCN(c2ccccn2)CC1. The molecule has 0 aromatic carbocycles. The van der Waals surface area contributed by atoms with E-state index in [1.54, 1.807) is 6.20 Å². The van der Waals surface area contributed by atoms with E-state index in [0.29, 0.717) is 19.5 Å². The average Bonchev–Trinajstić information content (AvgIpc) is 2.88. The molecule has 0 radical (unpaired) electrons. The van der Waals surface area contributed by atoms with Crippen molar-refractivity contribution in [1.82, 2.24) is 14.8 Å². The lowest BCUT2D eigenvalue weighted by molar-refractivity contribution is -0.142. The second-order valence-corrected chi connectivity index (χ2v) is 6.69. The van der Waals surface area contributed by atoms with Gasteiger partial charge in [0.25, 0.3) is 0 Å². The van der Waals surface area contributed by atoms with E-state index in [0.717, 1.165) is 32.0 Å². The third-order valence-corrected chi connectivity index (χ3v) is 5.29. The number of likely N-dealkylation sites (tertiary alicyclic amines) is 1. The number of carbonyl (C=O) groups is 2. The van der Waals surface area contributed by atoms with Crippen molar-refractivity contribution < 1.29 is 9.59 Å². The minimum Gasteiger partial charge on any atom is -0.354 e. The van der Waals surface area contributed by atoms with Crippen LogP contribution < -0.4 is 4.90 Å². The minimum absolute atomic E-state index is 0.0153. The summed E-state index contributed by atoms with van der Waals surface area (Å²) >= 11 is 0. The summed E-state index contributed by atoms with van der Waals surface area (Å²) < 4.78 is 0. The predicted molar refractivity (Wildman–Crippen MR) is 90.1 cm³/mol. The summed E-state index contributed by atoms with van der Waals surface area (Å²) in [4.78, 5) is 35.4. The highest BCUT2D eigenvalue weighted by Gasteiger charge is 2.47. The molecule has 3 heterocycles. The van der Waals surface area contributed by atoms with E-state index >= 15 is 0 Å². The Morgan fingerprint density at radius 2 is 1.62 bits per heavy atom. The number of hydrogen-bond acceptors (Lipinski definition) is 5. The van der Waals surface area contributed by atoms with Crippen molar-refractivity contribution in [3.8, 4) is 0 Å². The predicted octanol–water partition coefficient (Wildman–Crippen LogP) is 1.11. The van der Waals surface area contributed by atoms with Crippen LogP contribution in [0.5, 0.6) is 0 Å². The van der Waals surface area contributed by atoms with Gasteiger partial charge >= 0.3 is 0 Å². The smallest absolute Gasteiger partial charge is 0.234 e. The van der Waals surface area contributed by atoms with Gasteiger partial charge in [-0.3, -0.25) is 19.4 Å². The molecule has 2 fully saturated rings. The second kappa shape index (κ2) is 6.36. The molecule has 2 atom stereocenters. The second-order valence-electron chi connectivity index (χ2n) is 6.69. The van der Waals surface area contributed by atoms with Gasteiger partial charge in [-0.15, -0.1) is 0 Å². The Labute approximate surface area is 141 Å². The van der Waals surface area contributed by atoms with Gasteiger partial charge in [0.1, 0.15) is 5.82 Å². The maximum absolute atomic E-state index is 12.5. The first-order valence-corrected chi connectivity index (χ1v) is 8.62. The van der Waals surface area contributed by atoms with Crippen LogP contribution in [0.25, 0.3) is 0 Å². The van der Waals surface area contributed by atoms with Crippen LogP contribution >= 0.6 is 0 Å². The zero-order valence-electron chi connectivity index (χ0n) is 13.7. The van der Waals surface area contributed by atoms with Gasteiger partial charge in [0.2, 0.25) is 11.8 Å². The molecule has 2 aliphatic heterocycles. The molecule has 3 aliphatic rings. The molecule has 0 unspecified atom stereocenters. The van der Waals surface area contributed by atoms with Gasteiger partial charge in [0, 0.05) is 32.4 Å². The fraction of sp³-hybridized carbons (Fsp3) is 0.500. The number of imide groups is 1. The number of allylic oxidation sites excluding steroid dienone is 2. The molecule has 0 bridgehead atoms. The number of anilines is 1. The van der Waals surface area contributed by atoms with Crippen LogP contribution in [0.1, 0.15) is 12.8 Å². The number of hydrogen-bond donors (Lipinski definition) is 0. The zero-order chi connectivity index (χ0) is 16.5. The summed E-state index contributed by atoms with van der Waals surface area (Å²) in [7, 11) is 0. The summed E-state index contributed by atoms with van der Waals surface area (Å²) in [5, 5.41) is 0. The molecule has 6 nitrogen and oxygen atoms in total. The van der Waals surface area contributed by atoms with E-state index in [1.165, 1.54) is 4.90 Å². The van der Waals surface area contributed by atoms with Crippen LogP contribution in [0.4, 0.5) is 5.82 Å². The number of aromatic nitrogens is 1. The number of fused-ring (bicyclic) bond motifs is 1. The van der Waals surface area contributed by atoms with Crippen LogP contribution in [0.3, 0.4) is 0 Å². The molecule has 4 rings (SSSR count). The minimum atomic E-state index is -0.127. The Kier molecular flexibility index (Phi) is 4.06. The van der Waals surface area contributed by atoms with Gasteiger partial charge in [-0.25, -0.2) is 4.98 Å². The molecule has 2 amide bonds. The van der Waals surface area contributed by atoms with E-state index in [4.69, 9.17) is 0 Å². The van der Waals surface area contributed by atoms with Gasteiger partial charge in [0.05, 0.1) is 18.5 Å². The summed E-state index contributed by atoms with van der Waals surface area (Å²) in [6, 6.07) is 5.92. The molecular weight excluding hydrogens is 304 g/mol. The van der Waals surface area contributed by atoms with Crippen LogP contribution in [-0.2, 0) is 9.59 Å². The highest BCUT2D eigenvalue weighted by molar-refractivity contribution is 6.05. The Morgan fingerprint density at radius 3 is 2.21 bits per heavy atom. The largest absolute Gasteiger partial charge is 0.354 e. The lowest BCUT2D eigenvalue weighted by atomic mass is 9.85. The van der Waals surface area contributed by atoms with Gasteiger partial charge in [-0.2, -0.15) is 0 Å². The standard InChI is InChI=1S/C18H22N4O2/c23-17-14-5-1-2-6-15(14)18(24)22(17)13-20-9-11-21(12-10-20)16-7-3-4-8-19-16/h1-4,7-8,14-15H,5-6,9-13H2/t14-,15+. The third kappa shape index (κ3) is 2.71. The maximum atomic E-state index is 12.5. The molecule has 0 N–H and O–H groups in total. The fourth-order valence-electron chi connectivity index (χ4n) is 3.87. The third-order valence-electron chi connectivity index (χ3n) is 5.29. The topological polar surface area (TPSA) is 56.8 Å². The number of rotatable bonds is 3. The van der Waals surface area contributed by atoms with Gasteiger partial charge in [0.15, 0.2) is 0 Å².